The lowest BCUT2D eigenvalue weighted by Gasteiger charge is -2.14. The van der Waals surface area contributed by atoms with Crippen LogP contribution in [0.1, 0.15) is 32.6 Å². The molecule has 1 aliphatic heterocycles. The van der Waals surface area contributed by atoms with Crippen LogP contribution in [-0.2, 0) is 0 Å². The molecule has 1 aliphatic rings. The second-order valence-electron chi connectivity index (χ2n) is 4.70. The van der Waals surface area contributed by atoms with Gasteiger partial charge in [0.25, 0.3) is 0 Å². The molecule has 0 aliphatic carbocycles. The van der Waals surface area contributed by atoms with Crippen molar-refractivity contribution in [1.82, 2.24) is 10.2 Å². The third-order valence-electron chi connectivity index (χ3n) is 3.12. The van der Waals surface area contributed by atoms with E-state index in [-0.39, 0.29) is 0 Å². The van der Waals surface area contributed by atoms with E-state index < -0.39 is 0 Å². The van der Waals surface area contributed by atoms with Crippen LogP contribution in [0, 0.1) is 5.92 Å². The second kappa shape index (κ2) is 8.37. The van der Waals surface area contributed by atoms with E-state index in [9.17, 15) is 0 Å². The van der Waals surface area contributed by atoms with Gasteiger partial charge < -0.3 is 10.2 Å². The Hall–Kier alpha value is 0.210. The SMILES string of the molecule is CC(CCl)CCCNCCN1CCCC1. The van der Waals surface area contributed by atoms with E-state index in [0.29, 0.717) is 5.92 Å². The highest BCUT2D eigenvalue weighted by molar-refractivity contribution is 6.18. The fourth-order valence-corrected chi connectivity index (χ4v) is 2.18. The molecule has 90 valence electrons. The first-order chi connectivity index (χ1) is 7.33. The summed E-state index contributed by atoms with van der Waals surface area (Å²) in [6.07, 6.45) is 5.30. The molecule has 0 aromatic rings. The minimum Gasteiger partial charge on any atom is -0.315 e. The molecule has 0 spiro atoms. The molecule has 1 fully saturated rings. The molecule has 1 unspecified atom stereocenters. The average Bonchev–Trinajstić information content (AvgIpc) is 2.75. The number of hydrogen-bond donors (Lipinski definition) is 1. The normalized spacial score (nSPS) is 19.6. The molecule has 0 bridgehead atoms. The summed E-state index contributed by atoms with van der Waals surface area (Å²) in [6.45, 7) is 8.36. The smallest absolute Gasteiger partial charge is 0.0249 e. The van der Waals surface area contributed by atoms with E-state index >= 15 is 0 Å². The van der Waals surface area contributed by atoms with Gasteiger partial charge in [-0.2, -0.15) is 0 Å². The number of likely N-dealkylation sites (tertiary alicyclic amines) is 1. The Morgan fingerprint density at radius 1 is 1.27 bits per heavy atom. The van der Waals surface area contributed by atoms with E-state index in [1.54, 1.807) is 0 Å². The predicted molar refractivity (Wildman–Crippen MR) is 67.7 cm³/mol. The largest absolute Gasteiger partial charge is 0.315 e. The van der Waals surface area contributed by atoms with Crippen LogP contribution >= 0.6 is 11.6 Å². The van der Waals surface area contributed by atoms with Gasteiger partial charge in [-0.15, -0.1) is 11.6 Å². The molecule has 0 aromatic heterocycles. The summed E-state index contributed by atoms with van der Waals surface area (Å²) in [7, 11) is 0. The molecule has 0 aromatic carbocycles. The first-order valence-electron chi connectivity index (χ1n) is 6.32. The number of halogens is 1. The number of nitrogens with zero attached hydrogens (tertiary/aromatic N) is 1. The van der Waals surface area contributed by atoms with Gasteiger partial charge in [0, 0.05) is 19.0 Å². The van der Waals surface area contributed by atoms with Crippen LogP contribution < -0.4 is 5.32 Å². The predicted octanol–water partition coefficient (Wildman–Crippen LogP) is 2.33. The molecule has 15 heavy (non-hydrogen) atoms. The number of nitrogens with one attached hydrogen (secondary N) is 1. The van der Waals surface area contributed by atoms with E-state index in [0.717, 1.165) is 19.0 Å². The van der Waals surface area contributed by atoms with Gasteiger partial charge in [0.2, 0.25) is 0 Å². The maximum absolute atomic E-state index is 5.75. The molecule has 1 N–H and O–H groups in total. The van der Waals surface area contributed by atoms with Gasteiger partial charge in [0.05, 0.1) is 0 Å². The van der Waals surface area contributed by atoms with Crippen LogP contribution in [0.25, 0.3) is 0 Å². The van der Waals surface area contributed by atoms with Crippen molar-refractivity contribution in [2.24, 2.45) is 5.92 Å². The summed E-state index contributed by atoms with van der Waals surface area (Å²) in [6, 6.07) is 0. The summed E-state index contributed by atoms with van der Waals surface area (Å²) in [4.78, 5) is 2.55. The maximum Gasteiger partial charge on any atom is 0.0249 e. The number of hydrogen-bond acceptors (Lipinski definition) is 2. The Labute approximate surface area is 99.4 Å². The van der Waals surface area contributed by atoms with Gasteiger partial charge in [-0.1, -0.05) is 6.92 Å². The van der Waals surface area contributed by atoms with Crippen LogP contribution in [-0.4, -0.2) is 43.5 Å². The molecule has 0 saturated carbocycles. The highest BCUT2D eigenvalue weighted by Gasteiger charge is 2.09. The maximum atomic E-state index is 5.75. The molecule has 1 rings (SSSR count). The van der Waals surface area contributed by atoms with Crippen molar-refractivity contribution < 1.29 is 0 Å². The van der Waals surface area contributed by atoms with Crippen molar-refractivity contribution in [3.63, 3.8) is 0 Å². The minimum absolute atomic E-state index is 0.673. The minimum atomic E-state index is 0.673. The molecule has 0 radical (unpaired) electrons. The van der Waals surface area contributed by atoms with Crippen molar-refractivity contribution >= 4 is 11.6 Å². The van der Waals surface area contributed by atoms with E-state index in [4.69, 9.17) is 11.6 Å². The summed E-state index contributed by atoms with van der Waals surface area (Å²) in [5.74, 6) is 1.47. The Kier molecular flexibility index (Phi) is 7.41. The first-order valence-corrected chi connectivity index (χ1v) is 6.85. The number of rotatable bonds is 8. The monoisotopic (exact) mass is 232 g/mol. The summed E-state index contributed by atoms with van der Waals surface area (Å²) in [5.41, 5.74) is 0. The van der Waals surface area contributed by atoms with Crippen molar-refractivity contribution in [3.8, 4) is 0 Å². The Bertz CT molecular complexity index is 147. The van der Waals surface area contributed by atoms with Gasteiger partial charge >= 0.3 is 0 Å². The van der Waals surface area contributed by atoms with Crippen LogP contribution in [0.2, 0.25) is 0 Å². The Morgan fingerprint density at radius 3 is 2.67 bits per heavy atom. The Morgan fingerprint density at radius 2 is 2.00 bits per heavy atom. The molecule has 2 nitrogen and oxygen atoms in total. The van der Waals surface area contributed by atoms with Gasteiger partial charge in [-0.3, -0.25) is 0 Å². The lowest BCUT2D eigenvalue weighted by Crippen LogP contribution is -2.30. The van der Waals surface area contributed by atoms with Crippen molar-refractivity contribution in [3.05, 3.63) is 0 Å². The fraction of sp³-hybridized carbons (Fsp3) is 1.00. The average molecular weight is 233 g/mol. The van der Waals surface area contributed by atoms with Crippen molar-refractivity contribution in [2.45, 2.75) is 32.6 Å². The topological polar surface area (TPSA) is 15.3 Å². The van der Waals surface area contributed by atoms with Crippen LogP contribution in [0.15, 0.2) is 0 Å². The summed E-state index contributed by atoms with van der Waals surface area (Å²) in [5, 5.41) is 3.51. The lowest BCUT2D eigenvalue weighted by atomic mass is 10.1. The lowest BCUT2D eigenvalue weighted by molar-refractivity contribution is 0.335. The Balaban J connectivity index is 1.80. The molecule has 1 heterocycles. The van der Waals surface area contributed by atoms with Gasteiger partial charge in [0.15, 0.2) is 0 Å². The molecular formula is C12H25ClN2. The zero-order valence-corrected chi connectivity index (χ0v) is 10.7. The van der Waals surface area contributed by atoms with Crippen LogP contribution in [0.5, 0.6) is 0 Å². The second-order valence-corrected chi connectivity index (χ2v) is 5.01. The molecule has 0 amide bonds. The molecule has 1 saturated heterocycles. The third kappa shape index (κ3) is 6.39. The van der Waals surface area contributed by atoms with Crippen molar-refractivity contribution in [2.75, 3.05) is 38.6 Å². The van der Waals surface area contributed by atoms with Crippen molar-refractivity contribution in [1.29, 1.82) is 0 Å². The van der Waals surface area contributed by atoms with E-state index in [1.165, 1.54) is 45.3 Å². The molecule has 3 heteroatoms. The zero-order chi connectivity index (χ0) is 10.9. The zero-order valence-electron chi connectivity index (χ0n) is 9.97. The quantitative estimate of drug-likeness (QED) is 0.511. The highest BCUT2D eigenvalue weighted by Crippen LogP contribution is 2.07. The van der Waals surface area contributed by atoms with E-state index in [1.807, 2.05) is 0 Å². The summed E-state index contributed by atoms with van der Waals surface area (Å²) < 4.78 is 0. The standard InChI is InChI=1S/C12H25ClN2/c1-12(11-13)5-4-6-14-7-10-15-8-2-3-9-15/h12,14H,2-11H2,1H3. The summed E-state index contributed by atoms with van der Waals surface area (Å²) >= 11 is 5.75. The first kappa shape index (κ1) is 13.3. The van der Waals surface area contributed by atoms with Crippen LogP contribution in [0.3, 0.4) is 0 Å². The highest BCUT2D eigenvalue weighted by atomic mass is 35.5. The van der Waals surface area contributed by atoms with Gasteiger partial charge in [-0.05, 0) is 51.2 Å². The molecular weight excluding hydrogens is 208 g/mol. The number of alkyl halides is 1. The van der Waals surface area contributed by atoms with Gasteiger partial charge in [0.1, 0.15) is 0 Å². The van der Waals surface area contributed by atoms with E-state index in [2.05, 4.69) is 17.1 Å². The third-order valence-corrected chi connectivity index (χ3v) is 3.64. The molecule has 1 atom stereocenters. The van der Waals surface area contributed by atoms with Crippen LogP contribution in [0.4, 0.5) is 0 Å². The van der Waals surface area contributed by atoms with Gasteiger partial charge in [-0.25, -0.2) is 0 Å². The fourth-order valence-electron chi connectivity index (χ4n) is 2.02.